The van der Waals surface area contributed by atoms with Gasteiger partial charge >= 0.3 is 5.97 Å². The Kier molecular flexibility index (Phi) is 3.47. The first-order valence-electron chi connectivity index (χ1n) is 7.24. The molecule has 0 aliphatic heterocycles. The number of carbonyl (C=O) groups excluding carboxylic acids is 1. The number of hydrogen-bond donors (Lipinski definition) is 2. The van der Waals surface area contributed by atoms with E-state index in [0.29, 0.717) is 6.42 Å². The normalized spacial score (nSPS) is 26.9. The van der Waals surface area contributed by atoms with E-state index in [9.17, 15) is 9.59 Å². The zero-order valence-electron chi connectivity index (χ0n) is 11.3. The predicted octanol–water partition coefficient (Wildman–Crippen LogP) is 2.69. The van der Waals surface area contributed by atoms with E-state index in [0.717, 1.165) is 35.9 Å². The van der Waals surface area contributed by atoms with Crippen LogP contribution in [0.25, 0.3) is 0 Å². The van der Waals surface area contributed by atoms with Crippen molar-refractivity contribution >= 4 is 17.6 Å². The molecule has 4 heteroatoms. The Labute approximate surface area is 118 Å². The molecular weight excluding hydrogens is 254 g/mol. The number of amides is 1. The summed E-state index contributed by atoms with van der Waals surface area (Å²) in [6, 6.07) is 7.47. The van der Waals surface area contributed by atoms with E-state index in [1.165, 1.54) is 6.42 Å². The monoisotopic (exact) mass is 273 g/mol. The molecule has 0 aromatic heterocycles. The third-order valence-corrected chi connectivity index (χ3v) is 4.50. The minimum Gasteiger partial charge on any atom is -0.481 e. The molecule has 0 spiro atoms. The molecule has 0 radical (unpaired) electrons. The summed E-state index contributed by atoms with van der Waals surface area (Å²) in [5.74, 6) is 0.995. The van der Waals surface area contributed by atoms with Crippen molar-refractivity contribution in [2.24, 2.45) is 17.8 Å². The summed E-state index contributed by atoms with van der Waals surface area (Å²) in [6.45, 7) is 0. The average molecular weight is 273 g/mol. The Morgan fingerprint density at radius 3 is 2.55 bits per heavy atom. The van der Waals surface area contributed by atoms with Crippen molar-refractivity contribution in [3.05, 3.63) is 29.8 Å². The Morgan fingerprint density at radius 2 is 1.85 bits per heavy atom. The van der Waals surface area contributed by atoms with Gasteiger partial charge in [-0.3, -0.25) is 9.59 Å². The predicted molar refractivity (Wildman–Crippen MR) is 75.3 cm³/mol. The zero-order chi connectivity index (χ0) is 14.1. The second-order valence-electron chi connectivity index (χ2n) is 5.96. The van der Waals surface area contributed by atoms with E-state index in [-0.39, 0.29) is 18.2 Å². The second kappa shape index (κ2) is 5.27. The molecule has 1 aromatic rings. The highest BCUT2D eigenvalue weighted by Crippen LogP contribution is 2.54. The molecule has 0 bridgehead atoms. The zero-order valence-corrected chi connectivity index (χ0v) is 11.3. The maximum atomic E-state index is 12.2. The van der Waals surface area contributed by atoms with Gasteiger partial charge in [0, 0.05) is 18.0 Å². The quantitative estimate of drug-likeness (QED) is 0.866. The van der Waals surface area contributed by atoms with E-state index >= 15 is 0 Å². The highest BCUT2D eigenvalue weighted by Gasteiger charge is 2.47. The smallest absolute Gasteiger partial charge is 0.303 e. The van der Waals surface area contributed by atoms with E-state index in [2.05, 4.69) is 5.32 Å². The molecule has 1 aromatic carbocycles. The summed E-state index contributed by atoms with van der Waals surface area (Å²) >= 11 is 0. The lowest BCUT2D eigenvalue weighted by Gasteiger charge is -2.15. The number of hydrogen-bond acceptors (Lipinski definition) is 2. The van der Waals surface area contributed by atoms with Crippen molar-refractivity contribution in [3.63, 3.8) is 0 Å². The van der Waals surface area contributed by atoms with Crippen LogP contribution in [-0.2, 0) is 16.0 Å². The molecule has 2 unspecified atom stereocenters. The van der Waals surface area contributed by atoms with E-state index in [4.69, 9.17) is 5.11 Å². The van der Waals surface area contributed by atoms with Crippen molar-refractivity contribution in [2.75, 3.05) is 5.32 Å². The molecule has 2 fully saturated rings. The molecule has 0 heterocycles. The summed E-state index contributed by atoms with van der Waals surface area (Å²) in [4.78, 5) is 22.9. The number of carboxylic acid groups (broad SMARTS) is 1. The lowest BCUT2D eigenvalue weighted by Crippen LogP contribution is -2.22. The van der Waals surface area contributed by atoms with Gasteiger partial charge in [-0.2, -0.15) is 0 Å². The van der Waals surface area contributed by atoms with Crippen LogP contribution in [0.3, 0.4) is 0 Å². The van der Waals surface area contributed by atoms with Crippen LogP contribution in [0.2, 0.25) is 0 Å². The Morgan fingerprint density at radius 1 is 1.15 bits per heavy atom. The number of aliphatic carboxylic acids is 1. The largest absolute Gasteiger partial charge is 0.481 e. The van der Waals surface area contributed by atoms with Crippen LogP contribution < -0.4 is 5.32 Å². The summed E-state index contributed by atoms with van der Waals surface area (Å²) in [5.41, 5.74) is 1.66. The van der Waals surface area contributed by atoms with Crippen molar-refractivity contribution in [1.29, 1.82) is 0 Å². The number of para-hydroxylation sites is 1. The lowest BCUT2D eigenvalue weighted by molar-refractivity contribution is -0.137. The number of carbonyl (C=O) groups is 2. The molecule has 106 valence electrons. The van der Waals surface area contributed by atoms with Gasteiger partial charge in [-0.15, -0.1) is 0 Å². The molecule has 2 atom stereocenters. The summed E-state index contributed by atoms with van der Waals surface area (Å²) < 4.78 is 0. The minimum absolute atomic E-state index is 0.0838. The molecule has 1 amide bonds. The molecule has 20 heavy (non-hydrogen) atoms. The van der Waals surface area contributed by atoms with Gasteiger partial charge in [0.1, 0.15) is 0 Å². The van der Waals surface area contributed by atoms with Gasteiger partial charge in [-0.25, -0.2) is 0 Å². The van der Waals surface area contributed by atoms with E-state index < -0.39 is 5.97 Å². The third-order valence-electron chi connectivity index (χ3n) is 4.50. The van der Waals surface area contributed by atoms with Gasteiger partial charge in [-0.1, -0.05) is 18.2 Å². The molecule has 2 N–H and O–H groups in total. The van der Waals surface area contributed by atoms with Crippen LogP contribution in [0.5, 0.6) is 0 Å². The number of benzene rings is 1. The van der Waals surface area contributed by atoms with Gasteiger partial charge in [0.2, 0.25) is 5.91 Å². The topological polar surface area (TPSA) is 66.4 Å². The van der Waals surface area contributed by atoms with Gasteiger partial charge < -0.3 is 10.4 Å². The number of carboxylic acids is 1. The van der Waals surface area contributed by atoms with Crippen molar-refractivity contribution in [1.82, 2.24) is 0 Å². The number of anilines is 1. The lowest BCUT2D eigenvalue weighted by atomic mass is 10.0. The highest BCUT2D eigenvalue weighted by atomic mass is 16.4. The van der Waals surface area contributed by atoms with E-state index in [1.54, 1.807) is 0 Å². The summed E-state index contributed by atoms with van der Waals surface area (Å²) in [5, 5.41) is 11.8. The summed E-state index contributed by atoms with van der Waals surface area (Å²) in [7, 11) is 0. The minimum atomic E-state index is -0.818. The van der Waals surface area contributed by atoms with Gasteiger partial charge in [0.15, 0.2) is 0 Å². The first-order chi connectivity index (χ1) is 9.63. The van der Waals surface area contributed by atoms with Crippen LogP contribution in [0, 0.1) is 17.8 Å². The highest BCUT2D eigenvalue weighted by molar-refractivity contribution is 5.93. The number of fused-ring (bicyclic) bond motifs is 1. The Bertz CT molecular complexity index is 530. The third kappa shape index (κ3) is 2.84. The fourth-order valence-corrected chi connectivity index (χ4v) is 3.27. The Hall–Kier alpha value is -1.84. The molecule has 2 aliphatic carbocycles. The van der Waals surface area contributed by atoms with Crippen LogP contribution in [-0.4, -0.2) is 17.0 Å². The fraction of sp³-hybridized carbons (Fsp3) is 0.500. The van der Waals surface area contributed by atoms with Gasteiger partial charge in [0.05, 0.1) is 0 Å². The van der Waals surface area contributed by atoms with Crippen molar-refractivity contribution in [3.8, 4) is 0 Å². The maximum absolute atomic E-state index is 12.2. The van der Waals surface area contributed by atoms with E-state index in [1.807, 2.05) is 24.3 Å². The molecule has 0 saturated heterocycles. The fourth-order valence-electron chi connectivity index (χ4n) is 3.27. The first-order valence-corrected chi connectivity index (χ1v) is 7.24. The van der Waals surface area contributed by atoms with Crippen LogP contribution >= 0.6 is 0 Å². The SMILES string of the molecule is O=C(O)CCc1ccccc1NC(=O)C1CC2CC2C1. The summed E-state index contributed by atoms with van der Waals surface area (Å²) in [6.07, 6.45) is 3.88. The standard InChI is InChI=1S/C16H19NO3/c18-15(19)6-5-10-3-1-2-4-14(10)17-16(20)13-8-11-7-12(11)9-13/h1-4,11-13H,5-9H2,(H,17,20)(H,18,19). The Balaban J connectivity index is 1.63. The molecule has 4 nitrogen and oxygen atoms in total. The number of aryl methyl sites for hydroxylation is 1. The molecular formula is C16H19NO3. The molecule has 2 saturated carbocycles. The maximum Gasteiger partial charge on any atom is 0.303 e. The van der Waals surface area contributed by atoms with Crippen molar-refractivity contribution in [2.45, 2.75) is 32.1 Å². The molecule has 3 rings (SSSR count). The van der Waals surface area contributed by atoms with Crippen LogP contribution in [0.1, 0.15) is 31.2 Å². The second-order valence-corrected chi connectivity index (χ2v) is 5.96. The van der Waals surface area contributed by atoms with Crippen LogP contribution in [0.15, 0.2) is 24.3 Å². The van der Waals surface area contributed by atoms with Crippen molar-refractivity contribution < 1.29 is 14.7 Å². The average Bonchev–Trinajstić information content (AvgIpc) is 3.04. The van der Waals surface area contributed by atoms with Crippen LogP contribution in [0.4, 0.5) is 5.69 Å². The number of rotatable bonds is 5. The van der Waals surface area contributed by atoms with Gasteiger partial charge in [0.25, 0.3) is 0 Å². The number of nitrogens with one attached hydrogen (secondary N) is 1. The molecule has 2 aliphatic rings. The first kappa shape index (κ1) is 13.2. The van der Waals surface area contributed by atoms with Gasteiger partial charge in [-0.05, 0) is 49.1 Å².